The van der Waals surface area contributed by atoms with Crippen molar-refractivity contribution in [3.05, 3.63) is 17.8 Å². The van der Waals surface area contributed by atoms with E-state index in [-0.39, 0.29) is 5.91 Å². The summed E-state index contributed by atoms with van der Waals surface area (Å²) in [6.07, 6.45) is 3.92. The number of hydrogen-bond donors (Lipinski definition) is 2. The molecule has 0 radical (unpaired) electrons. The summed E-state index contributed by atoms with van der Waals surface area (Å²) in [5.74, 6) is 2.46. The lowest BCUT2D eigenvalue weighted by atomic mass is 10.1. The van der Waals surface area contributed by atoms with Crippen molar-refractivity contribution in [1.82, 2.24) is 15.5 Å². The van der Waals surface area contributed by atoms with Gasteiger partial charge in [-0.2, -0.15) is 0 Å². The number of nitrogens with zero attached hydrogens (tertiary/aromatic N) is 2. The topological polar surface area (TPSA) is 66.9 Å². The van der Waals surface area contributed by atoms with Crippen LogP contribution in [0.3, 0.4) is 0 Å². The molecule has 2 aliphatic rings. The zero-order valence-corrected chi connectivity index (χ0v) is 9.81. The van der Waals surface area contributed by atoms with Crippen molar-refractivity contribution in [3.63, 3.8) is 0 Å². The van der Waals surface area contributed by atoms with Crippen LogP contribution in [0.15, 0.2) is 12.1 Å². The molecule has 0 bridgehead atoms. The molecule has 2 fully saturated rings. The zero-order chi connectivity index (χ0) is 11.8. The molecule has 5 heteroatoms. The molecule has 1 heterocycles. The second-order valence-corrected chi connectivity index (χ2v) is 4.95. The van der Waals surface area contributed by atoms with Gasteiger partial charge in [0, 0.05) is 13.1 Å². The maximum Gasteiger partial charge on any atom is 0.271 e. The SMILES string of the molecule is CNC(=O)c1ccc(NC2CC3CC3C2)nn1. The molecule has 2 atom stereocenters. The third-order valence-corrected chi connectivity index (χ3v) is 3.72. The van der Waals surface area contributed by atoms with Gasteiger partial charge < -0.3 is 10.6 Å². The lowest BCUT2D eigenvalue weighted by Crippen LogP contribution is -2.21. The fourth-order valence-electron chi connectivity index (χ4n) is 2.70. The number of fused-ring (bicyclic) bond motifs is 1. The van der Waals surface area contributed by atoms with E-state index in [4.69, 9.17) is 0 Å². The fourth-order valence-corrected chi connectivity index (χ4v) is 2.70. The zero-order valence-electron chi connectivity index (χ0n) is 9.81. The van der Waals surface area contributed by atoms with Gasteiger partial charge in [0.1, 0.15) is 5.82 Å². The smallest absolute Gasteiger partial charge is 0.271 e. The van der Waals surface area contributed by atoms with Crippen molar-refractivity contribution in [3.8, 4) is 0 Å². The molecule has 0 spiro atoms. The van der Waals surface area contributed by atoms with Gasteiger partial charge in [0.15, 0.2) is 5.69 Å². The number of amides is 1. The summed E-state index contributed by atoms with van der Waals surface area (Å²) in [7, 11) is 1.58. The predicted molar refractivity (Wildman–Crippen MR) is 63.7 cm³/mol. The number of carbonyl (C=O) groups excluding carboxylic acids is 1. The molecule has 2 aliphatic carbocycles. The Morgan fingerprint density at radius 1 is 1.24 bits per heavy atom. The molecule has 0 aliphatic heterocycles. The van der Waals surface area contributed by atoms with Gasteiger partial charge in [0.2, 0.25) is 0 Å². The third-order valence-electron chi connectivity index (χ3n) is 3.72. The Bertz CT molecular complexity index is 421. The molecule has 90 valence electrons. The van der Waals surface area contributed by atoms with Crippen molar-refractivity contribution in [2.45, 2.75) is 25.3 Å². The molecule has 5 nitrogen and oxygen atoms in total. The van der Waals surface area contributed by atoms with E-state index >= 15 is 0 Å². The van der Waals surface area contributed by atoms with Crippen molar-refractivity contribution < 1.29 is 4.79 Å². The summed E-state index contributed by atoms with van der Waals surface area (Å²) in [6.45, 7) is 0. The van der Waals surface area contributed by atoms with E-state index in [0.29, 0.717) is 11.7 Å². The first-order valence-corrected chi connectivity index (χ1v) is 6.08. The van der Waals surface area contributed by atoms with Crippen LogP contribution in [0.4, 0.5) is 5.82 Å². The van der Waals surface area contributed by atoms with Gasteiger partial charge in [-0.25, -0.2) is 0 Å². The summed E-state index contributed by atoms with van der Waals surface area (Å²) in [5, 5.41) is 13.8. The number of anilines is 1. The van der Waals surface area contributed by atoms with Gasteiger partial charge in [-0.15, -0.1) is 10.2 Å². The Balaban J connectivity index is 1.62. The highest BCUT2D eigenvalue weighted by molar-refractivity contribution is 5.91. The van der Waals surface area contributed by atoms with E-state index < -0.39 is 0 Å². The molecule has 1 amide bonds. The van der Waals surface area contributed by atoms with E-state index in [9.17, 15) is 4.79 Å². The Morgan fingerprint density at radius 3 is 2.59 bits per heavy atom. The molecule has 0 saturated heterocycles. The molecule has 2 N–H and O–H groups in total. The lowest BCUT2D eigenvalue weighted by Gasteiger charge is -2.14. The van der Waals surface area contributed by atoms with E-state index in [2.05, 4.69) is 20.8 Å². The molecule has 17 heavy (non-hydrogen) atoms. The highest BCUT2D eigenvalue weighted by Crippen LogP contribution is 2.52. The molecular formula is C12H16N4O. The summed E-state index contributed by atoms with van der Waals surface area (Å²) >= 11 is 0. The highest BCUT2D eigenvalue weighted by Gasteiger charge is 2.45. The summed E-state index contributed by atoms with van der Waals surface area (Å²) in [5.41, 5.74) is 0.354. The van der Waals surface area contributed by atoms with E-state index in [0.717, 1.165) is 17.7 Å². The van der Waals surface area contributed by atoms with Crippen LogP contribution in [0, 0.1) is 11.8 Å². The van der Waals surface area contributed by atoms with E-state index in [1.807, 2.05) is 6.07 Å². The molecule has 0 aromatic carbocycles. The summed E-state index contributed by atoms with van der Waals surface area (Å²) in [4.78, 5) is 11.3. The number of nitrogens with one attached hydrogen (secondary N) is 2. The average Bonchev–Trinajstić information content (AvgIpc) is 2.97. The van der Waals surface area contributed by atoms with Crippen LogP contribution in [-0.4, -0.2) is 29.2 Å². The first-order valence-electron chi connectivity index (χ1n) is 6.08. The van der Waals surface area contributed by atoms with Gasteiger partial charge in [-0.3, -0.25) is 4.79 Å². The van der Waals surface area contributed by atoms with Crippen LogP contribution >= 0.6 is 0 Å². The van der Waals surface area contributed by atoms with Crippen molar-refractivity contribution in [2.24, 2.45) is 11.8 Å². The minimum absolute atomic E-state index is 0.203. The molecule has 2 unspecified atom stereocenters. The molecule has 3 rings (SSSR count). The normalized spacial score (nSPS) is 29.6. The van der Waals surface area contributed by atoms with Crippen molar-refractivity contribution in [2.75, 3.05) is 12.4 Å². The Hall–Kier alpha value is -1.65. The Labute approximate surface area is 100 Å². The average molecular weight is 232 g/mol. The number of rotatable bonds is 3. The minimum Gasteiger partial charge on any atom is -0.366 e. The lowest BCUT2D eigenvalue weighted by molar-refractivity contribution is 0.0957. The van der Waals surface area contributed by atoms with Gasteiger partial charge >= 0.3 is 0 Å². The first kappa shape index (κ1) is 10.5. The predicted octanol–water partition coefficient (Wildman–Crippen LogP) is 1.05. The second kappa shape index (κ2) is 3.98. The van der Waals surface area contributed by atoms with Crippen molar-refractivity contribution >= 4 is 11.7 Å². The molecule has 1 aromatic heterocycles. The number of carbonyl (C=O) groups is 1. The van der Waals surface area contributed by atoms with E-state index in [1.54, 1.807) is 13.1 Å². The van der Waals surface area contributed by atoms with Crippen molar-refractivity contribution in [1.29, 1.82) is 0 Å². The Morgan fingerprint density at radius 2 is 2.00 bits per heavy atom. The summed E-state index contributed by atoms with van der Waals surface area (Å²) in [6, 6.07) is 4.06. The van der Waals surface area contributed by atoms with Gasteiger partial charge in [-0.05, 0) is 43.2 Å². The maximum atomic E-state index is 11.3. The molecule has 2 saturated carbocycles. The Kier molecular flexibility index (Phi) is 2.46. The quantitative estimate of drug-likeness (QED) is 0.817. The van der Waals surface area contributed by atoms with Crippen LogP contribution in [0.25, 0.3) is 0 Å². The largest absolute Gasteiger partial charge is 0.366 e. The van der Waals surface area contributed by atoms with E-state index in [1.165, 1.54) is 19.3 Å². The third kappa shape index (κ3) is 2.09. The minimum atomic E-state index is -0.203. The van der Waals surface area contributed by atoms with Gasteiger partial charge in [-0.1, -0.05) is 0 Å². The summed E-state index contributed by atoms with van der Waals surface area (Å²) < 4.78 is 0. The number of hydrogen-bond acceptors (Lipinski definition) is 4. The number of aromatic nitrogens is 2. The first-order chi connectivity index (χ1) is 8.26. The van der Waals surface area contributed by atoms with Crippen LogP contribution in [0.5, 0.6) is 0 Å². The van der Waals surface area contributed by atoms with Gasteiger partial charge in [0.05, 0.1) is 0 Å². The highest BCUT2D eigenvalue weighted by atomic mass is 16.1. The monoisotopic (exact) mass is 232 g/mol. The van der Waals surface area contributed by atoms with Crippen LogP contribution in [0.2, 0.25) is 0 Å². The fraction of sp³-hybridized carbons (Fsp3) is 0.583. The second-order valence-electron chi connectivity index (χ2n) is 4.95. The van der Waals surface area contributed by atoms with Crippen LogP contribution < -0.4 is 10.6 Å². The maximum absolute atomic E-state index is 11.3. The van der Waals surface area contributed by atoms with Crippen LogP contribution in [-0.2, 0) is 0 Å². The standard InChI is InChI=1S/C12H16N4O/c1-13-12(17)10-2-3-11(16-15-10)14-9-5-7-4-8(7)6-9/h2-3,7-9H,4-6H2,1H3,(H,13,17)(H,14,16). The van der Waals surface area contributed by atoms with Gasteiger partial charge in [0.25, 0.3) is 5.91 Å². The molecular weight excluding hydrogens is 216 g/mol. The molecule has 1 aromatic rings. The van der Waals surface area contributed by atoms with Crippen LogP contribution in [0.1, 0.15) is 29.8 Å².